The maximum absolute atomic E-state index is 13.2. The first-order chi connectivity index (χ1) is 7.75. The van der Waals surface area contributed by atoms with Crippen LogP contribution in [-0.2, 0) is 16.1 Å². The summed E-state index contributed by atoms with van der Waals surface area (Å²) in [5.41, 5.74) is 1.04. The van der Waals surface area contributed by atoms with Crippen LogP contribution in [0, 0.1) is 0 Å². The normalized spacial score (nSPS) is 29.5. The van der Waals surface area contributed by atoms with Gasteiger partial charge in [-0.3, -0.25) is 0 Å². The number of benzene rings is 1. The highest BCUT2D eigenvalue weighted by molar-refractivity contribution is 5.13. The predicted octanol–water partition coefficient (Wildman–Crippen LogP) is 1.65. The molecule has 0 unspecified atom stereocenters. The zero-order valence-electron chi connectivity index (χ0n) is 8.88. The van der Waals surface area contributed by atoms with E-state index in [1.807, 2.05) is 30.3 Å². The second-order valence-corrected chi connectivity index (χ2v) is 3.88. The van der Waals surface area contributed by atoms with Crippen LogP contribution in [0.4, 0.5) is 4.39 Å². The van der Waals surface area contributed by atoms with E-state index in [0.717, 1.165) is 5.56 Å². The summed E-state index contributed by atoms with van der Waals surface area (Å²) in [7, 11) is 0. The minimum Gasteiger partial charge on any atom is -0.374 e. The van der Waals surface area contributed by atoms with Gasteiger partial charge in [-0.25, -0.2) is 4.39 Å². The van der Waals surface area contributed by atoms with Gasteiger partial charge in [0.05, 0.1) is 13.2 Å². The van der Waals surface area contributed by atoms with Crippen LogP contribution in [0.15, 0.2) is 30.3 Å². The lowest BCUT2D eigenvalue weighted by Gasteiger charge is -2.12. The fourth-order valence-electron chi connectivity index (χ4n) is 1.70. The maximum atomic E-state index is 13.2. The van der Waals surface area contributed by atoms with Gasteiger partial charge in [-0.15, -0.1) is 0 Å². The molecule has 0 aliphatic carbocycles. The third kappa shape index (κ3) is 3.01. The number of halogens is 1. The third-order valence-electron chi connectivity index (χ3n) is 2.56. The van der Waals surface area contributed by atoms with Gasteiger partial charge in [0.2, 0.25) is 0 Å². The average Bonchev–Trinajstić information content (AvgIpc) is 2.59. The summed E-state index contributed by atoms with van der Waals surface area (Å²) in [5, 5.41) is 9.07. The first-order valence-electron chi connectivity index (χ1n) is 5.35. The van der Waals surface area contributed by atoms with Gasteiger partial charge >= 0.3 is 0 Å². The van der Waals surface area contributed by atoms with Crippen molar-refractivity contribution in [1.29, 1.82) is 0 Å². The van der Waals surface area contributed by atoms with Crippen molar-refractivity contribution in [3.8, 4) is 0 Å². The van der Waals surface area contributed by atoms with Gasteiger partial charge in [-0.1, -0.05) is 30.3 Å². The van der Waals surface area contributed by atoms with Crippen molar-refractivity contribution < 1.29 is 19.0 Å². The fourth-order valence-corrected chi connectivity index (χ4v) is 1.70. The van der Waals surface area contributed by atoms with Gasteiger partial charge < -0.3 is 14.6 Å². The largest absolute Gasteiger partial charge is 0.374 e. The minimum absolute atomic E-state index is 0.0410. The van der Waals surface area contributed by atoms with Gasteiger partial charge in [-0.2, -0.15) is 0 Å². The number of hydrogen-bond acceptors (Lipinski definition) is 3. The second-order valence-electron chi connectivity index (χ2n) is 3.88. The van der Waals surface area contributed by atoms with Crippen molar-refractivity contribution >= 4 is 0 Å². The highest BCUT2D eigenvalue weighted by Crippen LogP contribution is 2.22. The van der Waals surface area contributed by atoms with Crippen molar-refractivity contribution in [2.45, 2.75) is 31.6 Å². The molecule has 0 radical (unpaired) electrons. The predicted molar refractivity (Wildman–Crippen MR) is 56.5 cm³/mol. The molecule has 1 aromatic carbocycles. The summed E-state index contributed by atoms with van der Waals surface area (Å²) in [6.07, 6.45) is -2.72. The van der Waals surface area contributed by atoms with E-state index in [-0.39, 0.29) is 13.0 Å². The molecule has 3 atom stereocenters. The van der Waals surface area contributed by atoms with Crippen LogP contribution >= 0.6 is 0 Å². The lowest BCUT2D eigenvalue weighted by molar-refractivity contribution is -0.113. The Balaban J connectivity index is 1.72. The van der Waals surface area contributed by atoms with Crippen LogP contribution in [0.25, 0.3) is 0 Å². The number of alkyl halides is 1. The topological polar surface area (TPSA) is 38.7 Å². The van der Waals surface area contributed by atoms with E-state index in [2.05, 4.69) is 0 Å². The Kier molecular flexibility index (Phi) is 3.88. The molecule has 0 bridgehead atoms. The lowest BCUT2D eigenvalue weighted by atomic mass is 10.2. The van der Waals surface area contributed by atoms with Crippen LogP contribution in [-0.4, -0.2) is 30.3 Å². The highest BCUT2D eigenvalue weighted by atomic mass is 19.1. The summed E-state index contributed by atoms with van der Waals surface area (Å²) in [4.78, 5) is 0. The van der Waals surface area contributed by atoms with Crippen molar-refractivity contribution in [2.75, 3.05) is 6.61 Å². The van der Waals surface area contributed by atoms with Crippen LogP contribution < -0.4 is 0 Å². The van der Waals surface area contributed by atoms with E-state index in [4.69, 9.17) is 14.6 Å². The second kappa shape index (κ2) is 5.39. The van der Waals surface area contributed by atoms with Gasteiger partial charge in [0.15, 0.2) is 6.29 Å². The Hall–Kier alpha value is -0.970. The van der Waals surface area contributed by atoms with Crippen LogP contribution in [0.5, 0.6) is 0 Å². The molecule has 2 rings (SSSR count). The summed E-state index contributed by atoms with van der Waals surface area (Å²) in [6, 6.07) is 9.66. The van der Waals surface area contributed by atoms with Crippen LogP contribution in [0.3, 0.4) is 0 Å². The third-order valence-corrected chi connectivity index (χ3v) is 2.56. The van der Waals surface area contributed by atoms with E-state index >= 15 is 0 Å². The molecule has 1 aliphatic heterocycles. The van der Waals surface area contributed by atoms with E-state index in [1.165, 1.54) is 0 Å². The van der Waals surface area contributed by atoms with Crippen molar-refractivity contribution in [2.24, 2.45) is 0 Å². The van der Waals surface area contributed by atoms with Crippen molar-refractivity contribution in [3.63, 3.8) is 0 Å². The summed E-state index contributed by atoms with van der Waals surface area (Å²) >= 11 is 0. The quantitative estimate of drug-likeness (QED) is 0.848. The number of ether oxygens (including phenoxy) is 2. The first kappa shape index (κ1) is 11.5. The molecule has 1 N–H and O–H groups in total. The SMILES string of the molecule is O[C@@H]1C[C@H](F)[C@@H](COCc2ccccc2)O1. The summed E-state index contributed by atoms with van der Waals surface area (Å²) < 4.78 is 23.5. The summed E-state index contributed by atoms with van der Waals surface area (Å²) in [6.45, 7) is 0.608. The standard InChI is InChI=1S/C12H15FO3/c13-10-6-12(14)16-11(10)8-15-7-9-4-2-1-3-5-9/h1-5,10-12,14H,6-8H2/t10-,11+,12-/m0/s1. The number of hydrogen-bond donors (Lipinski definition) is 1. The van der Waals surface area contributed by atoms with Crippen molar-refractivity contribution in [1.82, 2.24) is 0 Å². The molecule has 0 saturated carbocycles. The summed E-state index contributed by atoms with van der Waals surface area (Å²) in [5.74, 6) is 0. The highest BCUT2D eigenvalue weighted by Gasteiger charge is 2.34. The first-order valence-corrected chi connectivity index (χ1v) is 5.35. The molecule has 0 amide bonds. The fraction of sp³-hybridized carbons (Fsp3) is 0.500. The molecular formula is C12H15FO3. The zero-order valence-corrected chi connectivity index (χ0v) is 8.88. The van der Waals surface area contributed by atoms with Crippen LogP contribution in [0.1, 0.15) is 12.0 Å². The Morgan fingerprint density at radius 2 is 2.12 bits per heavy atom. The van der Waals surface area contributed by atoms with Gasteiger partial charge in [0.25, 0.3) is 0 Å². The Morgan fingerprint density at radius 3 is 2.75 bits per heavy atom. The van der Waals surface area contributed by atoms with E-state index < -0.39 is 18.6 Å². The van der Waals surface area contributed by atoms with Gasteiger partial charge in [-0.05, 0) is 5.56 Å². The molecule has 1 fully saturated rings. The van der Waals surface area contributed by atoms with E-state index in [9.17, 15) is 4.39 Å². The average molecular weight is 226 g/mol. The monoisotopic (exact) mass is 226 g/mol. The molecular weight excluding hydrogens is 211 g/mol. The molecule has 4 heteroatoms. The smallest absolute Gasteiger partial charge is 0.158 e. The molecule has 16 heavy (non-hydrogen) atoms. The van der Waals surface area contributed by atoms with E-state index in [1.54, 1.807) is 0 Å². The molecule has 1 heterocycles. The molecule has 1 aromatic rings. The Labute approximate surface area is 93.8 Å². The molecule has 88 valence electrons. The Morgan fingerprint density at radius 1 is 1.38 bits per heavy atom. The number of aliphatic hydroxyl groups excluding tert-OH is 1. The van der Waals surface area contributed by atoms with Crippen LogP contribution in [0.2, 0.25) is 0 Å². The number of aliphatic hydroxyl groups is 1. The minimum atomic E-state index is -1.13. The molecule has 1 aliphatic rings. The van der Waals surface area contributed by atoms with E-state index in [0.29, 0.717) is 6.61 Å². The van der Waals surface area contributed by atoms with Gasteiger partial charge in [0.1, 0.15) is 12.3 Å². The maximum Gasteiger partial charge on any atom is 0.158 e. The molecule has 1 saturated heterocycles. The molecule has 0 spiro atoms. The molecule has 0 aromatic heterocycles. The zero-order chi connectivity index (χ0) is 11.4. The Bertz CT molecular complexity index is 317. The van der Waals surface area contributed by atoms with Gasteiger partial charge in [0, 0.05) is 6.42 Å². The van der Waals surface area contributed by atoms with Crippen molar-refractivity contribution in [3.05, 3.63) is 35.9 Å². The number of rotatable bonds is 4. The molecule has 3 nitrogen and oxygen atoms in total. The lowest BCUT2D eigenvalue weighted by Crippen LogP contribution is -2.23.